The summed E-state index contributed by atoms with van der Waals surface area (Å²) in [5.74, 6) is 0.109. The molecule has 0 aromatic heterocycles. The number of hydrogen-bond donors (Lipinski definition) is 2. The number of carbonyl (C=O) groups excluding carboxylic acids is 1. The van der Waals surface area contributed by atoms with Gasteiger partial charge in [-0.2, -0.15) is 0 Å². The lowest BCUT2D eigenvalue weighted by molar-refractivity contribution is -0.385. The van der Waals surface area contributed by atoms with Crippen molar-refractivity contribution < 1.29 is 29.0 Å². The number of nitrogens with one attached hydrogen (secondary N) is 1. The standard InChI is InChI=1S/C22H21N3O7S/c1-3-30-21(27)19-12(2)24(14-5-7-17-18(11-14)32-9-8-31-17)22(33)23-20(19)13-4-6-16(26)15(10-13)25(28)29/h4-7,10-11,20,26H,3,8-9H2,1-2H3,(H,23,33)/t20-/m0/s1. The first kappa shape index (κ1) is 22.3. The van der Waals surface area contributed by atoms with Gasteiger partial charge in [0.05, 0.1) is 28.8 Å². The first-order valence-corrected chi connectivity index (χ1v) is 10.6. The van der Waals surface area contributed by atoms with Crippen LogP contribution in [-0.2, 0) is 9.53 Å². The van der Waals surface area contributed by atoms with E-state index in [2.05, 4.69) is 5.32 Å². The lowest BCUT2D eigenvalue weighted by atomic mass is 9.94. The molecule has 0 amide bonds. The van der Waals surface area contributed by atoms with Crippen LogP contribution in [0, 0.1) is 10.1 Å². The molecule has 0 fully saturated rings. The van der Waals surface area contributed by atoms with Crippen LogP contribution in [0.3, 0.4) is 0 Å². The Kier molecular flexibility index (Phi) is 6.05. The molecule has 10 nitrogen and oxygen atoms in total. The molecule has 0 saturated carbocycles. The number of nitro benzene ring substituents is 1. The molecule has 0 aliphatic carbocycles. The molecule has 2 N–H and O–H groups in total. The van der Waals surface area contributed by atoms with Gasteiger partial charge in [0, 0.05) is 17.8 Å². The Morgan fingerprint density at radius 1 is 1.27 bits per heavy atom. The first-order chi connectivity index (χ1) is 15.8. The fourth-order valence-electron chi connectivity index (χ4n) is 3.81. The number of thiocarbonyl (C=S) groups is 1. The summed E-state index contributed by atoms with van der Waals surface area (Å²) >= 11 is 5.61. The van der Waals surface area contributed by atoms with Crippen LogP contribution < -0.4 is 19.7 Å². The quantitative estimate of drug-likeness (QED) is 0.290. The van der Waals surface area contributed by atoms with Crippen LogP contribution in [-0.4, -0.2) is 40.9 Å². The van der Waals surface area contributed by atoms with Gasteiger partial charge >= 0.3 is 11.7 Å². The van der Waals surface area contributed by atoms with Crippen molar-refractivity contribution in [2.75, 3.05) is 24.7 Å². The van der Waals surface area contributed by atoms with Crippen LogP contribution >= 0.6 is 12.2 Å². The molecule has 1 atom stereocenters. The minimum absolute atomic E-state index is 0.145. The number of aromatic hydroxyl groups is 1. The molecular formula is C22H21N3O7S. The smallest absolute Gasteiger partial charge is 0.338 e. The number of benzene rings is 2. The molecule has 4 rings (SSSR count). The van der Waals surface area contributed by atoms with Gasteiger partial charge in [-0.25, -0.2) is 4.79 Å². The van der Waals surface area contributed by atoms with Crippen molar-refractivity contribution >= 4 is 34.7 Å². The topological polar surface area (TPSA) is 123 Å². The Morgan fingerprint density at radius 3 is 2.70 bits per heavy atom. The van der Waals surface area contributed by atoms with E-state index in [4.69, 9.17) is 26.4 Å². The largest absolute Gasteiger partial charge is 0.502 e. The maximum Gasteiger partial charge on any atom is 0.338 e. The van der Waals surface area contributed by atoms with Gasteiger partial charge in [-0.3, -0.25) is 15.0 Å². The maximum atomic E-state index is 13.0. The van der Waals surface area contributed by atoms with E-state index in [1.165, 1.54) is 18.2 Å². The highest BCUT2D eigenvalue weighted by Gasteiger charge is 2.36. The van der Waals surface area contributed by atoms with E-state index in [-0.39, 0.29) is 17.3 Å². The molecule has 0 spiro atoms. The second kappa shape index (κ2) is 8.94. The fraction of sp³-hybridized carbons (Fsp3) is 0.273. The number of allylic oxidation sites excluding steroid dienone is 1. The summed E-state index contributed by atoms with van der Waals surface area (Å²) in [4.78, 5) is 25.3. The van der Waals surface area contributed by atoms with E-state index >= 15 is 0 Å². The van der Waals surface area contributed by atoms with E-state index in [0.29, 0.717) is 41.7 Å². The summed E-state index contributed by atoms with van der Waals surface area (Å²) < 4.78 is 16.5. The number of nitro groups is 1. The molecule has 0 radical (unpaired) electrons. The lowest BCUT2D eigenvalue weighted by Gasteiger charge is -2.37. The van der Waals surface area contributed by atoms with Crippen molar-refractivity contribution in [2.45, 2.75) is 19.9 Å². The Balaban J connectivity index is 1.82. The van der Waals surface area contributed by atoms with Crippen LogP contribution in [0.2, 0.25) is 0 Å². The molecular weight excluding hydrogens is 450 g/mol. The molecule has 0 unspecified atom stereocenters. The number of nitrogens with zero attached hydrogens (tertiary/aromatic N) is 2. The Hall–Kier alpha value is -3.86. The minimum Gasteiger partial charge on any atom is -0.502 e. The van der Waals surface area contributed by atoms with Crippen LogP contribution in [0.15, 0.2) is 47.7 Å². The summed E-state index contributed by atoms with van der Waals surface area (Å²) in [6.45, 7) is 4.43. The number of esters is 1. The third kappa shape index (κ3) is 4.14. The molecule has 2 aliphatic heterocycles. The maximum absolute atomic E-state index is 13.0. The van der Waals surface area contributed by atoms with Crippen LogP contribution in [0.5, 0.6) is 17.2 Å². The van der Waals surface area contributed by atoms with Crippen molar-refractivity contribution in [3.05, 3.63) is 63.3 Å². The fourth-order valence-corrected chi connectivity index (χ4v) is 4.17. The minimum atomic E-state index is -0.815. The van der Waals surface area contributed by atoms with Gasteiger partial charge in [0.1, 0.15) is 13.2 Å². The molecule has 2 heterocycles. The lowest BCUT2D eigenvalue weighted by Crippen LogP contribution is -2.48. The molecule has 2 aromatic rings. The number of rotatable bonds is 5. The summed E-state index contributed by atoms with van der Waals surface area (Å²) in [6.07, 6.45) is 0. The molecule has 0 bridgehead atoms. The van der Waals surface area contributed by atoms with Crippen molar-refractivity contribution in [3.8, 4) is 17.2 Å². The highest BCUT2D eigenvalue weighted by Crippen LogP contribution is 2.40. The molecule has 172 valence electrons. The van der Waals surface area contributed by atoms with Crippen molar-refractivity contribution in [2.24, 2.45) is 0 Å². The predicted octanol–water partition coefficient (Wildman–Crippen LogP) is 3.34. The van der Waals surface area contributed by atoms with Crippen LogP contribution in [0.4, 0.5) is 11.4 Å². The van der Waals surface area contributed by atoms with Crippen LogP contribution in [0.25, 0.3) is 0 Å². The monoisotopic (exact) mass is 471 g/mol. The van der Waals surface area contributed by atoms with E-state index in [0.717, 1.165) is 0 Å². The average Bonchev–Trinajstić information content (AvgIpc) is 2.79. The van der Waals surface area contributed by atoms with E-state index in [1.807, 2.05) is 0 Å². The normalized spacial score (nSPS) is 17.5. The number of phenols is 1. The second-order valence-corrected chi connectivity index (χ2v) is 7.66. The van der Waals surface area contributed by atoms with Gasteiger partial charge in [-0.1, -0.05) is 6.07 Å². The zero-order valence-electron chi connectivity index (χ0n) is 17.9. The van der Waals surface area contributed by atoms with E-state index < -0.39 is 28.4 Å². The van der Waals surface area contributed by atoms with Crippen LogP contribution in [0.1, 0.15) is 25.5 Å². The zero-order valence-corrected chi connectivity index (χ0v) is 18.7. The predicted molar refractivity (Wildman–Crippen MR) is 122 cm³/mol. The van der Waals surface area contributed by atoms with Gasteiger partial charge in [0.15, 0.2) is 22.4 Å². The number of hydrogen-bond acceptors (Lipinski definition) is 8. The van der Waals surface area contributed by atoms with Gasteiger partial charge in [-0.05, 0) is 49.8 Å². The Bertz CT molecular complexity index is 1180. The number of ether oxygens (including phenoxy) is 3. The van der Waals surface area contributed by atoms with Gasteiger partial charge in [-0.15, -0.1) is 0 Å². The highest BCUT2D eigenvalue weighted by atomic mass is 32.1. The van der Waals surface area contributed by atoms with Gasteiger partial charge < -0.3 is 24.6 Å². The summed E-state index contributed by atoms with van der Waals surface area (Å²) in [7, 11) is 0. The first-order valence-electron chi connectivity index (χ1n) is 10.2. The average molecular weight is 471 g/mol. The summed E-state index contributed by atoms with van der Waals surface area (Å²) in [6, 6.07) is 8.42. The van der Waals surface area contributed by atoms with Gasteiger partial charge in [0.25, 0.3) is 0 Å². The number of phenolic OH excluding ortho intramolecular Hbond substituents is 1. The molecule has 2 aliphatic rings. The number of anilines is 1. The molecule has 2 aromatic carbocycles. The Morgan fingerprint density at radius 2 is 2.00 bits per heavy atom. The van der Waals surface area contributed by atoms with E-state index in [9.17, 15) is 20.0 Å². The highest BCUT2D eigenvalue weighted by molar-refractivity contribution is 7.80. The SMILES string of the molecule is CCOC(=O)C1=C(C)N(c2ccc3c(c2)OCCO3)C(=S)N[C@H]1c1ccc(O)c([N+](=O)[O-])c1. The Labute approximate surface area is 194 Å². The third-order valence-corrected chi connectivity index (χ3v) is 5.59. The van der Waals surface area contributed by atoms with Crippen molar-refractivity contribution in [1.29, 1.82) is 0 Å². The zero-order chi connectivity index (χ0) is 23.7. The van der Waals surface area contributed by atoms with Crippen molar-refractivity contribution in [3.63, 3.8) is 0 Å². The third-order valence-electron chi connectivity index (χ3n) is 5.29. The molecule has 11 heteroatoms. The summed E-state index contributed by atoms with van der Waals surface area (Å²) in [5, 5.41) is 24.5. The number of carbonyl (C=O) groups is 1. The van der Waals surface area contributed by atoms with Crippen molar-refractivity contribution in [1.82, 2.24) is 5.32 Å². The molecule has 0 saturated heterocycles. The van der Waals surface area contributed by atoms with E-state index in [1.54, 1.807) is 36.9 Å². The summed E-state index contributed by atoms with van der Waals surface area (Å²) in [5.41, 5.74) is 1.28. The number of fused-ring (bicyclic) bond motifs is 1. The molecule has 33 heavy (non-hydrogen) atoms. The van der Waals surface area contributed by atoms with Gasteiger partial charge in [0.2, 0.25) is 0 Å². The second-order valence-electron chi connectivity index (χ2n) is 7.27.